The molecule has 0 bridgehead atoms. The average Bonchev–Trinajstić information content (AvgIpc) is 2.14. The van der Waals surface area contributed by atoms with Gasteiger partial charge in [0.2, 0.25) is 0 Å². The first-order chi connectivity index (χ1) is 7.31. The maximum Gasteiger partial charge on any atom is 0.573 e. The highest BCUT2D eigenvalue weighted by atomic mass is 35.5. The predicted octanol–water partition coefficient (Wildman–Crippen LogP) is 3.23. The zero-order valence-corrected chi connectivity index (χ0v) is 8.38. The molecule has 0 aliphatic carbocycles. The van der Waals surface area contributed by atoms with Gasteiger partial charge in [0.05, 0.1) is 11.0 Å². The van der Waals surface area contributed by atoms with Gasteiger partial charge in [0.15, 0.2) is 0 Å². The van der Waals surface area contributed by atoms with E-state index in [1.807, 2.05) is 0 Å². The fourth-order valence-corrected chi connectivity index (χ4v) is 1.17. The minimum Gasteiger partial charge on any atom is -0.406 e. The molecule has 8 heteroatoms. The number of nitrogens with zero attached hydrogens (tertiary/aromatic N) is 1. The lowest BCUT2D eigenvalue weighted by atomic mass is 10.2. The van der Waals surface area contributed by atoms with Crippen molar-refractivity contribution in [3.8, 4) is 5.75 Å². The van der Waals surface area contributed by atoms with Gasteiger partial charge in [0.25, 0.3) is 5.69 Å². The summed E-state index contributed by atoms with van der Waals surface area (Å²) in [5, 5.41) is 10.4. The van der Waals surface area contributed by atoms with E-state index in [1.165, 1.54) is 0 Å². The number of nitro groups is 1. The van der Waals surface area contributed by atoms with Crippen molar-refractivity contribution in [1.29, 1.82) is 0 Å². The monoisotopic (exact) mass is 255 g/mol. The Morgan fingerprint density at radius 2 is 2.00 bits per heavy atom. The van der Waals surface area contributed by atoms with E-state index < -0.39 is 22.7 Å². The number of ether oxygens (including phenoxy) is 1. The lowest BCUT2D eigenvalue weighted by Gasteiger charge is -2.09. The van der Waals surface area contributed by atoms with E-state index in [-0.39, 0.29) is 11.4 Å². The van der Waals surface area contributed by atoms with Crippen LogP contribution in [0.5, 0.6) is 5.75 Å². The molecule has 1 aromatic rings. The van der Waals surface area contributed by atoms with Crippen LogP contribution in [-0.2, 0) is 5.88 Å². The molecule has 0 fully saturated rings. The Labute approximate surface area is 92.7 Å². The fraction of sp³-hybridized carbons (Fsp3) is 0.250. The Kier molecular flexibility index (Phi) is 3.58. The largest absolute Gasteiger partial charge is 0.573 e. The number of hydrogen-bond acceptors (Lipinski definition) is 3. The molecule has 0 heterocycles. The van der Waals surface area contributed by atoms with Crippen molar-refractivity contribution in [3.05, 3.63) is 33.9 Å². The van der Waals surface area contributed by atoms with Gasteiger partial charge in [-0.2, -0.15) is 0 Å². The van der Waals surface area contributed by atoms with E-state index in [2.05, 4.69) is 4.74 Å². The van der Waals surface area contributed by atoms with Crippen LogP contribution >= 0.6 is 11.6 Å². The maximum absolute atomic E-state index is 11.9. The second-order valence-corrected chi connectivity index (χ2v) is 3.04. The molecule has 0 aliphatic rings. The minimum atomic E-state index is -4.89. The zero-order chi connectivity index (χ0) is 12.3. The van der Waals surface area contributed by atoms with Gasteiger partial charge < -0.3 is 4.74 Å². The van der Waals surface area contributed by atoms with E-state index in [0.29, 0.717) is 6.07 Å². The summed E-state index contributed by atoms with van der Waals surface area (Å²) in [4.78, 5) is 9.59. The first-order valence-corrected chi connectivity index (χ1v) is 4.45. The number of alkyl halides is 4. The van der Waals surface area contributed by atoms with Gasteiger partial charge in [0, 0.05) is 11.9 Å². The number of nitro benzene ring substituents is 1. The summed E-state index contributed by atoms with van der Waals surface area (Å²) in [6.45, 7) is 0. The van der Waals surface area contributed by atoms with Gasteiger partial charge in [-0.25, -0.2) is 0 Å². The summed E-state index contributed by atoms with van der Waals surface area (Å²) in [5.41, 5.74) is -0.326. The van der Waals surface area contributed by atoms with E-state index in [4.69, 9.17) is 11.6 Å². The molecule has 16 heavy (non-hydrogen) atoms. The zero-order valence-electron chi connectivity index (χ0n) is 7.62. The minimum absolute atomic E-state index is 0.143. The quantitative estimate of drug-likeness (QED) is 0.473. The molecule has 0 spiro atoms. The van der Waals surface area contributed by atoms with Crippen molar-refractivity contribution in [2.24, 2.45) is 0 Å². The van der Waals surface area contributed by atoms with Crippen LogP contribution in [0, 0.1) is 10.1 Å². The van der Waals surface area contributed by atoms with Crippen LogP contribution in [0.25, 0.3) is 0 Å². The summed E-state index contributed by atoms with van der Waals surface area (Å²) in [6, 6.07) is 2.76. The van der Waals surface area contributed by atoms with Gasteiger partial charge in [-0.05, 0) is 11.6 Å². The fourth-order valence-electron chi connectivity index (χ4n) is 1.02. The van der Waals surface area contributed by atoms with Crippen molar-refractivity contribution >= 4 is 17.3 Å². The summed E-state index contributed by atoms with van der Waals surface area (Å²) in [5.74, 6) is -0.798. The molecular weight excluding hydrogens is 251 g/mol. The number of halogens is 4. The first-order valence-electron chi connectivity index (χ1n) is 3.92. The van der Waals surface area contributed by atoms with Crippen molar-refractivity contribution in [2.45, 2.75) is 12.2 Å². The highest BCUT2D eigenvalue weighted by molar-refractivity contribution is 6.17. The van der Waals surface area contributed by atoms with Crippen LogP contribution < -0.4 is 4.74 Å². The summed E-state index contributed by atoms with van der Waals surface area (Å²) in [6.07, 6.45) is -4.89. The van der Waals surface area contributed by atoms with Crippen molar-refractivity contribution in [2.75, 3.05) is 0 Å². The lowest BCUT2D eigenvalue weighted by molar-refractivity contribution is -0.385. The van der Waals surface area contributed by atoms with Crippen molar-refractivity contribution in [1.82, 2.24) is 0 Å². The molecule has 1 rings (SSSR count). The summed E-state index contributed by atoms with van der Waals surface area (Å²) >= 11 is 5.39. The van der Waals surface area contributed by atoms with Gasteiger partial charge in [-0.3, -0.25) is 10.1 Å². The van der Waals surface area contributed by atoms with E-state index in [9.17, 15) is 23.3 Å². The van der Waals surface area contributed by atoms with Crippen LogP contribution in [-0.4, -0.2) is 11.3 Å². The number of benzene rings is 1. The average molecular weight is 256 g/mol. The SMILES string of the molecule is O=[N+]([O-])c1cc(CCl)cc(OC(F)(F)F)c1. The molecule has 0 aliphatic heterocycles. The molecule has 0 amide bonds. The molecule has 0 atom stereocenters. The standard InChI is InChI=1S/C8H5ClF3NO3/c9-4-5-1-6(13(14)15)3-7(2-5)16-8(10,11)12/h1-3H,4H2. The van der Waals surface area contributed by atoms with E-state index in [0.717, 1.165) is 12.1 Å². The smallest absolute Gasteiger partial charge is 0.406 e. The third kappa shape index (κ3) is 3.58. The van der Waals surface area contributed by atoms with Crippen molar-refractivity contribution in [3.63, 3.8) is 0 Å². The van der Waals surface area contributed by atoms with Crippen LogP contribution in [0.4, 0.5) is 18.9 Å². The Bertz CT molecular complexity index is 408. The summed E-state index contributed by atoms with van der Waals surface area (Å²) in [7, 11) is 0. The molecule has 0 N–H and O–H groups in total. The third-order valence-corrected chi connectivity index (χ3v) is 1.86. The Hall–Kier alpha value is -1.50. The van der Waals surface area contributed by atoms with Gasteiger partial charge >= 0.3 is 6.36 Å². The molecule has 4 nitrogen and oxygen atoms in total. The molecule has 88 valence electrons. The van der Waals surface area contributed by atoms with Crippen LogP contribution in [0.3, 0.4) is 0 Å². The Balaban J connectivity index is 3.09. The van der Waals surface area contributed by atoms with Crippen LogP contribution in [0.2, 0.25) is 0 Å². The second kappa shape index (κ2) is 4.56. The van der Waals surface area contributed by atoms with Crippen LogP contribution in [0.1, 0.15) is 5.56 Å². The molecule has 0 saturated heterocycles. The van der Waals surface area contributed by atoms with Crippen LogP contribution in [0.15, 0.2) is 18.2 Å². The predicted molar refractivity (Wildman–Crippen MR) is 49.3 cm³/mol. The normalized spacial score (nSPS) is 11.2. The second-order valence-electron chi connectivity index (χ2n) is 2.77. The number of rotatable bonds is 3. The molecule has 0 radical (unpaired) electrons. The van der Waals surface area contributed by atoms with E-state index >= 15 is 0 Å². The summed E-state index contributed by atoms with van der Waals surface area (Å²) < 4.78 is 39.2. The Morgan fingerprint density at radius 3 is 2.44 bits per heavy atom. The Morgan fingerprint density at radius 1 is 1.38 bits per heavy atom. The topological polar surface area (TPSA) is 52.4 Å². The molecule has 0 unspecified atom stereocenters. The molecule has 0 saturated carbocycles. The first kappa shape index (κ1) is 12.6. The number of hydrogen-bond donors (Lipinski definition) is 0. The van der Waals surface area contributed by atoms with Gasteiger partial charge in [-0.15, -0.1) is 24.8 Å². The molecular formula is C8H5ClF3NO3. The van der Waals surface area contributed by atoms with E-state index in [1.54, 1.807) is 0 Å². The maximum atomic E-state index is 11.9. The number of non-ortho nitro benzene ring substituents is 1. The van der Waals surface area contributed by atoms with Gasteiger partial charge in [0.1, 0.15) is 5.75 Å². The highest BCUT2D eigenvalue weighted by Crippen LogP contribution is 2.28. The third-order valence-electron chi connectivity index (χ3n) is 1.55. The van der Waals surface area contributed by atoms with Gasteiger partial charge in [-0.1, -0.05) is 0 Å². The lowest BCUT2D eigenvalue weighted by Crippen LogP contribution is -2.17. The highest BCUT2D eigenvalue weighted by Gasteiger charge is 2.31. The molecule has 1 aromatic carbocycles. The van der Waals surface area contributed by atoms with Crippen molar-refractivity contribution < 1.29 is 22.8 Å². The molecule has 0 aromatic heterocycles.